The van der Waals surface area contributed by atoms with Gasteiger partial charge in [-0.25, -0.2) is 9.67 Å². The van der Waals surface area contributed by atoms with Gasteiger partial charge in [0.15, 0.2) is 11.5 Å². The second kappa shape index (κ2) is 8.23. The highest BCUT2D eigenvalue weighted by Crippen LogP contribution is 2.38. The molecule has 2 aliphatic rings. The van der Waals surface area contributed by atoms with Crippen LogP contribution in [0.25, 0.3) is 5.69 Å². The van der Waals surface area contributed by atoms with Crippen molar-refractivity contribution in [1.82, 2.24) is 19.7 Å². The Labute approximate surface area is 185 Å². The number of ether oxygens (including phenoxy) is 2. The number of aryl methyl sites for hydroxylation is 1. The highest BCUT2D eigenvalue weighted by molar-refractivity contribution is 6.30. The minimum atomic E-state index is -0.162. The Bertz CT molecular complexity index is 1110. The molecule has 1 fully saturated rings. The summed E-state index contributed by atoms with van der Waals surface area (Å²) < 4.78 is 13.2. The van der Waals surface area contributed by atoms with Gasteiger partial charge in [-0.1, -0.05) is 17.7 Å². The average molecular weight is 439 g/mol. The van der Waals surface area contributed by atoms with Crippen LogP contribution < -0.4 is 9.47 Å². The predicted molar refractivity (Wildman–Crippen MR) is 116 cm³/mol. The highest BCUT2D eigenvalue weighted by Gasteiger charge is 2.33. The molecular formula is C23H23ClN4O3. The first-order chi connectivity index (χ1) is 15.1. The largest absolute Gasteiger partial charge is 0.490 e. The normalized spacial score (nSPS) is 18.1. The maximum Gasteiger partial charge on any atom is 0.294 e. The van der Waals surface area contributed by atoms with E-state index in [-0.39, 0.29) is 17.8 Å². The van der Waals surface area contributed by atoms with Gasteiger partial charge in [0, 0.05) is 18.0 Å². The molecule has 1 saturated heterocycles. The molecule has 1 atom stereocenters. The first-order valence-electron chi connectivity index (χ1n) is 10.5. The molecule has 5 rings (SSSR count). The van der Waals surface area contributed by atoms with Gasteiger partial charge in [-0.15, -0.1) is 5.10 Å². The molecule has 1 amide bonds. The third-order valence-corrected chi connectivity index (χ3v) is 5.95. The number of aromatic nitrogens is 3. The number of amides is 1. The van der Waals surface area contributed by atoms with Crippen molar-refractivity contribution in [2.45, 2.75) is 32.2 Å². The van der Waals surface area contributed by atoms with Gasteiger partial charge in [0.1, 0.15) is 5.82 Å². The molecular weight excluding hydrogens is 416 g/mol. The molecule has 0 unspecified atom stereocenters. The molecule has 0 radical (unpaired) electrons. The van der Waals surface area contributed by atoms with Crippen molar-refractivity contribution in [2.24, 2.45) is 0 Å². The Morgan fingerprint density at radius 2 is 1.84 bits per heavy atom. The molecule has 0 N–H and O–H groups in total. The Morgan fingerprint density at radius 3 is 2.65 bits per heavy atom. The number of halogens is 1. The molecule has 2 aliphatic heterocycles. The van der Waals surface area contributed by atoms with E-state index in [1.54, 1.807) is 16.8 Å². The Hall–Kier alpha value is -3.06. The summed E-state index contributed by atoms with van der Waals surface area (Å²) in [6, 6.07) is 13.2. The van der Waals surface area contributed by atoms with Gasteiger partial charge < -0.3 is 14.4 Å². The fourth-order valence-corrected chi connectivity index (χ4v) is 4.31. The average Bonchev–Trinajstić information content (AvgIpc) is 3.34. The van der Waals surface area contributed by atoms with E-state index in [4.69, 9.17) is 21.1 Å². The molecule has 0 aliphatic carbocycles. The molecule has 0 bridgehead atoms. The van der Waals surface area contributed by atoms with E-state index >= 15 is 0 Å². The van der Waals surface area contributed by atoms with Crippen LogP contribution in [0.4, 0.5) is 0 Å². The van der Waals surface area contributed by atoms with Gasteiger partial charge in [-0.3, -0.25) is 4.79 Å². The molecule has 0 saturated carbocycles. The van der Waals surface area contributed by atoms with E-state index in [9.17, 15) is 4.79 Å². The van der Waals surface area contributed by atoms with Crippen molar-refractivity contribution in [3.05, 3.63) is 64.7 Å². The third kappa shape index (κ3) is 3.85. The lowest BCUT2D eigenvalue weighted by Crippen LogP contribution is -2.31. The molecule has 1 aromatic heterocycles. The van der Waals surface area contributed by atoms with Crippen LogP contribution in [0.15, 0.2) is 42.5 Å². The molecule has 0 spiro atoms. The minimum Gasteiger partial charge on any atom is -0.490 e. The Balaban J connectivity index is 1.41. The zero-order chi connectivity index (χ0) is 21.4. The van der Waals surface area contributed by atoms with E-state index < -0.39 is 0 Å². The van der Waals surface area contributed by atoms with Gasteiger partial charge in [0.25, 0.3) is 5.91 Å². The lowest BCUT2D eigenvalue weighted by molar-refractivity contribution is 0.0723. The monoisotopic (exact) mass is 438 g/mol. The quantitative estimate of drug-likeness (QED) is 0.607. The third-order valence-electron chi connectivity index (χ3n) is 5.70. The van der Waals surface area contributed by atoms with Crippen molar-refractivity contribution in [3.8, 4) is 17.2 Å². The van der Waals surface area contributed by atoms with E-state index in [1.165, 1.54) is 0 Å². The van der Waals surface area contributed by atoms with E-state index in [2.05, 4.69) is 10.1 Å². The highest BCUT2D eigenvalue weighted by atomic mass is 35.5. The SMILES string of the molecule is Cc1nc(C(=O)N2CCC[C@@H]2c2ccc3c(c2)OCCCO3)nn1-c1ccc(Cl)cc1. The van der Waals surface area contributed by atoms with E-state index in [0.717, 1.165) is 42.0 Å². The smallest absolute Gasteiger partial charge is 0.294 e. The number of benzene rings is 2. The Kier molecular flexibility index (Phi) is 5.28. The van der Waals surface area contributed by atoms with Gasteiger partial charge in [0.2, 0.25) is 5.82 Å². The lowest BCUT2D eigenvalue weighted by atomic mass is 10.0. The van der Waals surface area contributed by atoms with Crippen LogP contribution in [-0.4, -0.2) is 45.3 Å². The molecule has 31 heavy (non-hydrogen) atoms. The molecule has 3 aromatic rings. The number of rotatable bonds is 3. The number of hydrogen-bond acceptors (Lipinski definition) is 5. The molecule has 2 aromatic carbocycles. The summed E-state index contributed by atoms with van der Waals surface area (Å²) in [7, 11) is 0. The standard InChI is InChI=1S/C23H23ClN4O3/c1-15-25-22(26-28(15)18-8-6-17(24)7-9-18)23(29)27-11-2-4-19(27)16-5-10-20-21(14-16)31-13-3-12-30-20/h5-10,14,19H,2-4,11-13H2,1H3/t19-/m1/s1. The number of likely N-dealkylation sites (tertiary alicyclic amines) is 1. The van der Waals surface area contributed by atoms with E-state index in [0.29, 0.717) is 30.6 Å². The predicted octanol–water partition coefficient (Wildman–Crippen LogP) is 4.37. The van der Waals surface area contributed by atoms with Crippen molar-refractivity contribution >= 4 is 17.5 Å². The molecule has 160 valence electrons. The zero-order valence-corrected chi connectivity index (χ0v) is 18.0. The summed E-state index contributed by atoms with van der Waals surface area (Å²) >= 11 is 5.99. The fraction of sp³-hybridized carbons (Fsp3) is 0.348. The van der Waals surface area contributed by atoms with Crippen molar-refractivity contribution in [3.63, 3.8) is 0 Å². The molecule has 7 nitrogen and oxygen atoms in total. The van der Waals surface area contributed by atoms with E-state index in [1.807, 2.05) is 42.2 Å². The minimum absolute atomic E-state index is 0.0348. The first-order valence-corrected chi connectivity index (χ1v) is 10.9. The van der Waals surface area contributed by atoms with Gasteiger partial charge in [-0.05, 0) is 61.7 Å². The number of fused-ring (bicyclic) bond motifs is 1. The number of carbonyl (C=O) groups is 1. The van der Waals surface area contributed by atoms with Crippen LogP contribution in [0.3, 0.4) is 0 Å². The van der Waals surface area contributed by atoms with Crippen molar-refractivity contribution in [2.75, 3.05) is 19.8 Å². The summed E-state index contributed by atoms with van der Waals surface area (Å²) in [6.07, 6.45) is 2.68. The maximum absolute atomic E-state index is 13.3. The van der Waals surface area contributed by atoms with Gasteiger partial charge in [-0.2, -0.15) is 0 Å². The zero-order valence-electron chi connectivity index (χ0n) is 17.3. The fourth-order valence-electron chi connectivity index (χ4n) is 4.18. The van der Waals surface area contributed by atoms with Gasteiger partial charge >= 0.3 is 0 Å². The maximum atomic E-state index is 13.3. The van der Waals surface area contributed by atoms with Crippen LogP contribution in [-0.2, 0) is 0 Å². The van der Waals surface area contributed by atoms with Crippen LogP contribution in [0.5, 0.6) is 11.5 Å². The van der Waals surface area contributed by atoms with Crippen LogP contribution in [0.1, 0.15) is 47.3 Å². The summed E-state index contributed by atoms with van der Waals surface area (Å²) in [5.41, 5.74) is 1.86. The molecule has 8 heteroatoms. The first kappa shape index (κ1) is 19.9. The lowest BCUT2D eigenvalue weighted by Gasteiger charge is -2.24. The topological polar surface area (TPSA) is 69.5 Å². The van der Waals surface area contributed by atoms with Gasteiger partial charge in [0.05, 0.1) is 24.9 Å². The van der Waals surface area contributed by atoms with Crippen LogP contribution in [0.2, 0.25) is 5.02 Å². The Morgan fingerprint density at radius 1 is 1.06 bits per heavy atom. The van der Waals surface area contributed by atoms with Crippen molar-refractivity contribution in [1.29, 1.82) is 0 Å². The number of nitrogens with zero attached hydrogens (tertiary/aromatic N) is 4. The second-order valence-corrected chi connectivity index (χ2v) is 8.22. The van der Waals surface area contributed by atoms with Crippen molar-refractivity contribution < 1.29 is 14.3 Å². The van der Waals surface area contributed by atoms with Crippen LogP contribution >= 0.6 is 11.6 Å². The summed E-state index contributed by atoms with van der Waals surface area (Å²) in [6.45, 7) is 3.80. The molecule has 3 heterocycles. The van der Waals surface area contributed by atoms with Crippen LogP contribution in [0, 0.1) is 6.92 Å². The second-order valence-electron chi connectivity index (χ2n) is 7.78. The summed E-state index contributed by atoms with van der Waals surface area (Å²) in [5, 5.41) is 5.14. The summed E-state index contributed by atoms with van der Waals surface area (Å²) in [4.78, 5) is 19.6. The number of carbonyl (C=O) groups excluding carboxylic acids is 1. The summed E-state index contributed by atoms with van der Waals surface area (Å²) in [5.74, 6) is 2.20. The number of hydrogen-bond donors (Lipinski definition) is 0.